The van der Waals surface area contributed by atoms with Gasteiger partial charge in [0.2, 0.25) is 0 Å². The van der Waals surface area contributed by atoms with Gasteiger partial charge in [0.1, 0.15) is 5.75 Å². The summed E-state index contributed by atoms with van der Waals surface area (Å²) in [7, 11) is 3.77. The Labute approximate surface area is 171 Å². The summed E-state index contributed by atoms with van der Waals surface area (Å²) in [5.41, 5.74) is 3.01. The highest BCUT2D eigenvalue weighted by atomic mass is 16.5. The van der Waals surface area contributed by atoms with Crippen molar-refractivity contribution in [2.45, 2.75) is 65.1 Å². The van der Waals surface area contributed by atoms with E-state index >= 15 is 0 Å². The number of para-hydroxylation sites is 1. The maximum Gasteiger partial charge on any atom is 0.185 e. The molecule has 2 rings (SSSR count). The van der Waals surface area contributed by atoms with Crippen LogP contribution >= 0.6 is 0 Å². The van der Waals surface area contributed by atoms with Gasteiger partial charge < -0.3 is 14.6 Å². The van der Waals surface area contributed by atoms with E-state index in [1.807, 2.05) is 32.0 Å². The fraction of sp³-hybridized carbons (Fsp3) is 0.500. The lowest BCUT2D eigenvalue weighted by molar-refractivity contribution is -0.135. The highest BCUT2D eigenvalue weighted by molar-refractivity contribution is 6.53. The minimum Gasteiger partial charge on any atom is -0.496 e. The monoisotopic (exact) mass is 381 g/mol. The molecule has 0 aliphatic heterocycles. The van der Waals surface area contributed by atoms with Crippen LogP contribution in [0.1, 0.15) is 54.0 Å². The zero-order valence-corrected chi connectivity index (χ0v) is 18.6. The first-order valence-electron chi connectivity index (χ1n) is 9.84. The Morgan fingerprint density at radius 3 is 2.14 bits per heavy atom. The van der Waals surface area contributed by atoms with Crippen LogP contribution < -0.4 is 10.2 Å². The van der Waals surface area contributed by atoms with Gasteiger partial charge in [-0.15, -0.1) is 0 Å². The fourth-order valence-corrected chi connectivity index (χ4v) is 2.76. The minimum absolute atomic E-state index is 0.0217. The van der Waals surface area contributed by atoms with Crippen LogP contribution in [0.5, 0.6) is 5.75 Å². The van der Waals surface area contributed by atoms with Crippen LogP contribution in [-0.2, 0) is 10.2 Å². The molecule has 0 bridgehead atoms. The van der Waals surface area contributed by atoms with E-state index in [1.54, 1.807) is 21.0 Å². The minimum atomic E-state index is -0.920. The van der Waals surface area contributed by atoms with E-state index in [9.17, 15) is 5.11 Å². The molecule has 2 aromatic rings. The Morgan fingerprint density at radius 1 is 0.929 bits per heavy atom. The van der Waals surface area contributed by atoms with Crippen molar-refractivity contribution in [2.75, 3.05) is 13.6 Å². The van der Waals surface area contributed by atoms with Gasteiger partial charge >= 0.3 is 0 Å². The predicted molar refractivity (Wildman–Crippen MR) is 119 cm³/mol. The lowest BCUT2D eigenvalue weighted by Gasteiger charge is -2.37. The molecule has 0 amide bonds. The van der Waals surface area contributed by atoms with E-state index < -0.39 is 11.2 Å². The van der Waals surface area contributed by atoms with Crippen LogP contribution in [0.25, 0.3) is 11.1 Å². The Balaban J connectivity index is 2.35. The number of aliphatic hydroxyl groups is 1. The van der Waals surface area contributed by atoms with Crippen molar-refractivity contribution in [3.8, 4) is 16.9 Å². The summed E-state index contributed by atoms with van der Waals surface area (Å²) in [5.74, 6) is 0.860. The molecule has 0 atom stereocenters. The topological polar surface area (TPSA) is 38.7 Å². The normalized spacial score (nSPS) is 12.8. The van der Waals surface area contributed by atoms with Crippen molar-refractivity contribution < 1.29 is 14.6 Å². The second-order valence-electron chi connectivity index (χ2n) is 9.38. The van der Waals surface area contributed by atoms with Crippen molar-refractivity contribution in [1.29, 1.82) is 0 Å². The molecular formula is C24H34BO3. The van der Waals surface area contributed by atoms with Gasteiger partial charge in [-0.25, -0.2) is 0 Å². The zero-order valence-electron chi connectivity index (χ0n) is 18.6. The highest BCUT2D eigenvalue weighted by Crippen LogP contribution is 2.32. The number of hydrogen-bond donors (Lipinski definition) is 1. The first-order chi connectivity index (χ1) is 12.8. The van der Waals surface area contributed by atoms with Crippen LogP contribution in [0, 0.1) is 0 Å². The Morgan fingerprint density at radius 2 is 1.57 bits per heavy atom. The van der Waals surface area contributed by atoms with Crippen molar-refractivity contribution >= 4 is 12.7 Å². The molecule has 2 aromatic carbocycles. The zero-order chi connectivity index (χ0) is 21.2. The molecule has 3 nitrogen and oxygen atoms in total. The molecule has 0 fully saturated rings. The molecule has 0 unspecified atom stereocenters. The first kappa shape index (κ1) is 22.5. The molecule has 1 radical (unpaired) electrons. The molecule has 4 heteroatoms. The summed E-state index contributed by atoms with van der Waals surface area (Å²) in [6.45, 7) is 14.4. The van der Waals surface area contributed by atoms with Crippen molar-refractivity contribution in [3.63, 3.8) is 0 Å². The maximum atomic E-state index is 10.3. The van der Waals surface area contributed by atoms with Crippen LogP contribution in [0.3, 0.4) is 0 Å². The molecule has 151 valence electrons. The number of methoxy groups -OCH3 is 1. The lowest BCUT2D eigenvalue weighted by Crippen LogP contribution is -2.48. The van der Waals surface area contributed by atoms with E-state index in [-0.39, 0.29) is 5.41 Å². The standard InChI is InChI=1S/C24H34BO3/c1-22(2,3)18-13-17(20-11-9-10-12-21(20)27-8)14-19(15-18)25-16-28-24(6,7)23(4,5)26/h9-15,26H,16H2,1-8H3. The number of benzene rings is 2. The third-order valence-corrected chi connectivity index (χ3v) is 5.48. The Bertz CT molecular complexity index is 798. The predicted octanol–water partition coefficient (Wildman–Crippen LogP) is 4.51. The number of hydrogen-bond acceptors (Lipinski definition) is 3. The SMILES string of the molecule is COc1ccccc1-c1cc([B]COC(C)(C)C(C)(C)O)cc(C(C)(C)C)c1. The third kappa shape index (κ3) is 5.39. The molecular weight excluding hydrogens is 347 g/mol. The maximum absolute atomic E-state index is 10.3. The fourth-order valence-electron chi connectivity index (χ4n) is 2.76. The van der Waals surface area contributed by atoms with Crippen molar-refractivity contribution in [2.24, 2.45) is 0 Å². The third-order valence-electron chi connectivity index (χ3n) is 5.48. The molecule has 1 N–H and O–H groups in total. The first-order valence-corrected chi connectivity index (χ1v) is 9.84. The molecule has 0 saturated heterocycles. The summed E-state index contributed by atoms with van der Waals surface area (Å²) >= 11 is 0. The van der Waals surface area contributed by atoms with Crippen LogP contribution in [0.4, 0.5) is 0 Å². The second kappa shape index (κ2) is 8.30. The Kier molecular flexibility index (Phi) is 6.68. The molecule has 28 heavy (non-hydrogen) atoms. The number of rotatable bonds is 7. The van der Waals surface area contributed by atoms with Gasteiger partial charge in [-0.05, 0) is 50.3 Å². The second-order valence-corrected chi connectivity index (χ2v) is 9.38. The summed E-state index contributed by atoms with van der Waals surface area (Å²) in [4.78, 5) is 0. The van der Waals surface area contributed by atoms with Crippen LogP contribution in [0.2, 0.25) is 0 Å². The van der Waals surface area contributed by atoms with E-state index in [1.165, 1.54) is 5.56 Å². The van der Waals surface area contributed by atoms with Crippen LogP contribution in [0.15, 0.2) is 42.5 Å². The lowest BCUT2D eigenvalue weighted by atomic mass is 9.68. The van der Waals surface area contributed by atoms with Crippen molar-refractivity contribution in [1.82, 2.24) is 0 Å². The average molecular weight is 381 g/mol. The van der Waals surface area contributed by atoms with E-state index in [0.29, 0.717) is 6.51 Å². The van der Waals surface area contributed by atoms with E-state index in [2.05, 4.69) is 52.3 Å². The van der Waals surface area contributed by atoms with Crippen LogP contribution in [-0.4, -0.2) is 37.2 Å². The van der Waals surface area contributed by atoms with Gasteiger partial charge in [-0.3, -0.25) is 0 Å². The quantitative estimate of drug-likeness (QED) is 0.717. The average Bonchev–Trinajstić information content (AvgIpc) is 2.59. The van der Waals surface area contributed by atoms with Crippen molar-refractivity contribution in [3.05, 3.63) is 48.0 Å². The largest absolute Gasteiger partial charge is 0.496 e. The van der Waals surface area contributed by atoms with Gasteiger partial charge in [0.15, 0.2) is 7.28 Å². The summed E-state index contributed by atoms with van der Waals surface area (Å²) in [6, 6.07) is 14.7. The van der Waals surface area contributed by atoms with Gasteiger partial charge in [0.05, 0.1) is 18.3 Å². The highest BCUT2D eigenvalue weighted by Gasteiger charge is 2.35. The van der Waals surface area contributed by atoms with Gasteiger partial charge in [-0.2, -0.15) is 0 Å². The van der Waals surface area contributed by atoms with Gasteiger partial charge in [-0.1, -0.05) is 62.6 Å². The Hall–Kier alpha value is -1.78. The molecule has 0 heterocycles. The van der Waals surface area contributed by atoms with Gasteiger partial charge in [0.25, 0.3) is 0 Å². The van der Waals surface area contributed by atoms with Gasteiger partial charge in [0, 0.05) is 12.1 Å². The molecule has 0 aromatic heterocycles. The number of ether oxygens (including phenoxy) is 2. The van der Waals surface area contributed by atoms with E-state index in [4.69, 9.17) is 9.47 Å². The molecule has 0 aliphatic rings. The molecule has 0 spiro atoms. The van der Waals surface area contributed by atoms with E-state index in [0.717, 1.165) is 22.3 Å². The summed E-state index contributed by atoms with van der Waals surface area (Å²) < 4.78 is 11.5. The smallest absolute Gasteiger partial charge is 0.185 e. The molecule has 0 aliphatic carbocycles. The summed E-state index contributed by atoms with van der Waals surface area (Å²) in [6.07, 6.45) is 0. The molecule has 0 saturated carbocycles. The summed E-state index contributed by atoms with van der Waals surface area (Å²) in [5, 5.41) is 10.3.